The van der Waals surface area contributed by atoms with E-state index < -0.39 is 0 Å². The molecule has 2 rings (SSSR count). The van der Waals surface area contributed by atoms with E-state index in [9.17, 15) is 0 Å². The fourth-order valence-corrected chi connectivity index (χ4v) is 2.36. The number of fused-ring (bicyclic) bond motifs is 1. The van der Waals surface area contributed by atoms with Gasteiger partial charge < -0.3 is 5.73 Å². The first kappa shape index (κ1) is 10.5. The summed E-state index contributed by atoms with van der Waals surface area (Å²) < 4.78 is 1.74. The Morgan fingerprint density at radius 2 is 2.00 bits per heavy atom. The third-order valence-corrected chi connectivity index (χ3v) is 3.34. The molecule has 1 unspecified atom stereocenters. The van der Waals surface area contributed by atoms with E-state index in [1.807, 2.05) is 6.92 Å². The van der Waals surface area contributed by atoms with Gasteiger partial charge in [-0.05, 0) is 12.3 Å². The van der Waals surface area contributed by atoms with Crippen molar-refractivity contribution in [2.24, 2.45) is 11.1 Å². The van der Waals surface area contributed by atoms with Gasteiger partial charge in [0.25, 0.3) is 0 Å². The van der Waals surface area contributed by atoms with Crippen LogP contribution in [0.25, 0.3) is 4.96 Å². The lowest BCUT2D eigenvalue weighted by Gasteiger charge is -2.24. The standard InChI is InChI=1S/C9H15N5S/c1-5-11-12-8-14(5)13-7(15-8)6(10)9(2,3)4/h6H,10H2,1-4H3. The van der Waals surface area contributed by atoms with Crippen molar-refractivity contribution >= 4 is 16.3 Å². The Labute approximate surface area is 92.3 Å². The second-order valence-corrected chi connectivity index (χ2v) is 5.71. The molecule has 2 N–H and O–H groups in total. The molecule has 0 amide bonds. The topological polar surface area (TPSA) is 69.1 Å². The van der Waals surface area contributed by atoms with Crippen molar-refractivity contribution in [3.63, 3.8) is 0 Å². The van der Waals surface area contributed by atoms with E-state index in [0.717, 1.165) is 15.8 Å². The van der Waals surface area contributed by atoms with Crippen LogP contribution in [0.5, 0.6) is 0 Å². The highest BCUT2D eigenvalue weighted by molar-refractivity contribution is 7.16. The Balaban J connectivity index is 2.45. The first-order valence-corrected chi connectivity index (χ1v) is 5.65. The lowest BCUT2D eigenvalue weighted by molar-refractivity contribution is 0.324. The van der Waals surface area contributed by atoms with Gasteiger partial charge in [-0.3, -0.25) is 0 Å². The van der Waals surface area contributed by atoms with Crippen LogP contribution in [0.4, 0.5) is 0 Å². The second kappa shape index (κ2) is 3.24. The van der Waals surface area contributed by atoms with Crippen LogP contribution in [-0.2, 0) is 0 Å². The zero-order valence-corrected chi connectivity index (χ0v) is 10.2. The van der Waals surface area contributed by atoms with Gasteiger partial charge in [-0.2, -0.15) is 9.61 Å². The molecule has 0 spiro atoms. The molecule has 0 aliphatic heterocycles. The van der Waals surface area contributed by atoms with Crippen molar-refractivity contribution in [1.29, 1.82) is 0 Å². The molecule has 0 radical (unpaired) electrons. The first-order chi connectivity index (χ1) is 6.89. The Morgan fingerprint density at radius 1 is 1.33 bits per heavy atom. The minimum atomic E-state index is -0.0661. The van der Waals surface area contributed by atoms with Gasteiger partial charge in [0.05, 0.1) is 6.04 Å². The highest BCUT2D eigenvalue weighted by Gasteiger charge is 2.26. The van der Waals surface area contributed by atoms with E-state index in [1.165, 1.54) is 11.3 Å². The fourth-order valence-electron chi connectivity index (χ4n) is 1.23. The van der Waals surface area contributed by atoms with Gasteiger partial charge in [0, 0.05) is 0 Å². The van der Waals surface area contributed by atoms with Gasteiger partial charge in [0.15, 0.2) is 5.82 Å². The molecule has 0 aromatic carbocycles. The summed E-state index contributed by atoms with van der Waals surface area (Å²) in [6.45, 7) is 8.19. The van der Waals surface area contributed by atoms with E-state index >= 15 is 0 Å². The molecular weight excluding hydrogens is 210 g/mol. The summed E-state index contributed by atoms with van der Waals surface area (Å²) in [5, 5.41) is 13.3. The number of hydrogen-bond acceptors (Lipinski definition) is 5. The normalized spacial score (nSPS) is 14.7. The summed E-state index contributed by atoms with van der Waals surface area (Å²) in [6.07, 6.45) is 0. The maximum absolute atomic E-state index is 6.13. The quantitative estimate of drug-likeness (QED) is 0.799. The predicted molar refractivity (Wildman–Crippen MR) is 59.8 cm³/mol. The van der Waals surface area contributed by atoms with Crippen molar-refractivity contribution in [3.05, 3.63) is 10.8 Å². The van der Waals surface area contributed by atoms with Gasteiger partial charge in [0.1, 0.15) is 5.01 Å². The number of nitrogens with two attached hydrogens (primary N) is 1. The molecule has 2 aromatic heterocycles. The number of rotatable bonds is 1. The lowest BCUT2D eigenvalue weighted by atomic mass is 9.88. The van der Waals surface area contributed by atoms with Gasteiger partial charge in [-0.1, -0.05) is 32.1 Å². The van der Waals surface area contributed by atoms with Crippen LogP contribution in [0.3, 0.4) is 0 Å². The van der Waals surface area contributed by atoms with Gasteiger partial charge in [0.2, 0.25) is 4.96 Å². The van der Waals surface area contributed by atoms with Crippen molar-refractivity contribution < 1.29 is 0 Å². The fraction of sp³-hybridized carbons (Fsp3) is 0.667. The monoisotopic (exact) mass is 225 g/mol. The third-order valence-electron chi connectivity index (χ3n) is 2.36. The minimum Gasteiger partial charge on any atom is -0.321 e. The summed E-state index contributed by atoms with van der Waals surface area (Å²) >= 11 is 1.51. The summed E-state index contributed by atoms with van der Waals surface area (Å²) in [5.41, 5.74) is 6.14. The molecule has 0 fully saturated rings. The number of aromatic nitrogens is 4. The van der Waals surface area contributed by atoms with Gasteiger partial charge >= 0.3 is 0 Å². The molecule has 2 heterocycles. The Hall–Kier alpha value is -1.01. The van der Waals surface area contributed by atoms with E-state index in [4.69, 9.17) is 5.73 Å². The smallest absolute Gasteiger partial charge is 0.234 e. The zero-order valence-electron chi connectivity index (χ0n) is 9.35. The second-order valence-electron chi connectivity index (χ2n) is 4.73. The number of hydrogen-bond donors (Lipinski definition) is 1. The molecule has 0 saturated carbocycles. The highest BCUT2D eigenvalue weighted by atomic mass is 32.1. The van der Waals surface area contributed by atoms with Crippen LogP contribution in [0, 0.1) is 12.3 Å². The van der Waals surface area contributed by atoms with Crippen molar-refractivity contribution in [2.75, 3.05) is 0 Å². The molecule has 1 atom stereocenters. The minimum absolute atomic E-state index is 0.0111. The lowest BCUT2D eigenvalue weighted by Crippen LogP contribution is -2.26. The Morgan fingerprint density at radius 3 is 2.53 bits per heavy atom. The Kier molecular flexibility index (Phi) is 2.27. The first-order valence-electron chi connectivity index (χ1n) is 4.84. The highest BCUT2D eigenvalue weighted by Crippen LogP contribution is 2.32. The van der Waals surface area contributed by atoms with Crippen molar-refractivity contribution in [2.45, 2.75) is 33.7 Å². The molecule has 2 aromatic rings. The van der Waals surface area contributed by atoms with E-state index in [2.05, 4.69) is 36.1 Å². The summed E-state index contributed by atoms with van der Waals surface area (Å²) in [7, 11) is 0. The van der Waals surface area contributed by atoms with E-state index in [-0.39, 0.29) is 11.5 Å². The molecule has 5 nitrogen and oxygen atoms in total. The van der Waals surface area contributed by atoms with E-state index in [1.54, 1.807) is 4.52 Å². The van der Waals surface area contributed by atoms with Crippen LogP contribution in [0.2, 0.25) is 0 Å². The molecule has 6 heteroatoms. The molecule has 0 aliphatic carbocycles. The Bertz CT molecular complexity index is 478. The molecular formula is C9H15N5S. The molecule has 0 bridgehead atoms. The summed E-state index contributed by atoms with van der Waals surface area (Å²) in [4.78, 5) is 0.808. The molecule has 82 valence electrons. The van der Waals surface area contributed by atoms with Crippen LogP contribution in [0.1, 0.15) is 37.6 Å². The largest absolute Gasteiger partial charge is 0.321 e. The van der Waals surface area contributed by atoms with Gasteiger partial charge in [-0.25, -0.2) is 0 Å². The van der Waals surface area contributed by atoms with Crippen LogP contribution in [-0.4, -0.2) is 19.8 Å². The van der Waals surface area contributed by atoms with Gasteiger partial charge in [-0.15, -0.1) is 10.2 Å². The average Bonchev–Trinajstić information content (AvgIpc) is 2.66. The SMILES string of the molecule is Cc1nnc2sc(C(N)C(C)(C)C)nn12. The van der Waals surface area contributed by atoms with Crippen molar-refractivity contribution in [1.82, 2.24) is 19.8 Å². The van der Waals surface area contributed by atoms with Crippen LogP contribution < -0.4 is 5.73 Å². The van der Waals surface area contributed by atoms with Crippen LogP contribution in [0.15, 0.2) is 0 Å². The number of aryl methyl sites for hydroxylation is 1. The van der Waals surface area contributed by atoms with E-state index in [0.29, 0.717) is 0 Å². The molecule has 0 aliphatic rings. The maximum Gasteiger partial charge on any atom is 0.234 e. The van der Waals surface area contributed by atoms with Crippen molar-refractivity contribution in [3.8, 4) is 0 Å². The van der Waals surface area contributed by atoms with Crippen LogP contribution >= 0.6 is 11.3 Å². The number of nitrogens with zero attached hydrogens (tertiary/aromatic N) is 4. The molecule has 0 saturated heterocycles. The molecule has 15 heavy (non-hydrogen) atoms. The predicted octanol–water partition coefficient (Wildman–Crippen LogP) is 1.54. The maximum atomic E-state index is 6.13. The summed E-state index contributed by atoms with van der Waals surface area (Å²) in [6, 6.07) is -0.0661. The summed E-state index contributed by atoms with van der Waals surface area (Å²) in [5.74, 6) is 0.800. The third kappa shape index (κ3) is 1.74. The average molecular weight is 225 g/mol. The zero-order chi connectivity index (χ0) is 11.2.